The molecule has 1 aromatic heterocycles. The standard InChI is InChI=1S/C11H21N3O/c1-5-15-8(2)6-12-9(3)11-7-13-14-10(11)4/h7-9,12H,5-6H2,1-4H3,(H,13,14). The molecule has 4 heteroatoms. The first-order valence-corrected chi connectivity index (χ1v) is 5.50. The van der Waals surface area contributed by atoms with Crippen LogP contribution >= 0.6 is 0 Å². The zero-order valence-corrected chi connectivity index (χ0v) is 10.0. The second-order valence-electron chi connectivity index (χ2n) is 3.85. The second kappa shape index (κ2) is 5.88. The van der Waals surface area contributed by atoms with E-state index in [1.54, 1.807) is 0 Å². The Morgan fingerprint density at radius 3 is 2.80 bits per heavy atom. The molecule has 1 heterocycles. The van der Waals surface area contributed by atoms with Crippen LogP contribution < -0.4 is 5.32 Å². The maximum Gasteiger partial charge on any atom is 0.0671 e. The number of hydrogen-bond donors (Lipinski definition) is 2. The van der Waals surface area contributed by atoms with E-state index in [0.717, 1.165) is 18.8 Å². The monoisotopic (exact) mass is 211 g/mol. The van der Waals surface area contributed by atoms with Crippen molar-refractivity contribution in [2.45, 2.75) is 39.8 Å². The van der Waals surface area contributed by atoms with Gasteiger partial charge in [-0.2, -0.15) is 5.10 Å². The molecule has 0 spiro atoms. The molecule has 0 bridgehead atoms. The van der Waals surface area contributed by atoms with Crippen molar-refractivity contribution >= 4 is 0 Å². The topological polar surface area (TPSA) is 49.9 Å². The van der Waals surface area contributed by atoms with E-state index in [2.05, 4.69) is 29.4 Å². The van der Waals surface area contributed by atoms with Crippen molar-refractivity contribution < 1.29 is 4.74 Å². The van der Waals surface area contributed by atoms with Gasteiger partial charge in [0.2, 0.25) is 0 Å². The average Bonchev–Trinajstić information content (AvgIpc) is 2.61. The van der Waals surface area contributed by atoms with E-state index in [0.29, 0.717) is 6.04 Å². The van der Waals surface area contributed by atoms with E-state index < -0.39 is 0 Å². The van der Waals surface area contributed by atoms with Gasteiger partial charge in [-0.3, -0.25) is 5.10 Å². The summed E-state index contributed by atoms with van der Waals surface area (Å²) < 4.78 is 5.45. The van der Waals surface area contributed by atoms with E-state index in [9.17, 15) is 0 Å². The van der Waals surface area contributed by atoms with Crippen LogP contribution in [0.2, 0.25) is 0 Å². The Kier molecular flexibility index (Phi) is 4.78. The Morgan fingerprint density at radius 2 is 2.27 bits per heavy atom. The molecule has 0 aliphatic heterocycles. The number of H-pyrrole nitrogens is 1. The van der Waals surface area contributed by atoms with Gasteiger partial charge in [0.05, 0.1) is 12.3 Å². The van der Waals surface area contributed by atoms with Crippen LogP contribution in [0.4, 0.5) is 0 Å². The summed E-state index contributed by atoms with van der Waals surface area (Å²) in [5, 5.41) is 10.4. The summed E-state index contributed by atoms with van der Waals surface area (Å²) in [6, 6.07) is 0.312. The summed E-state index contributed by atoms with van der Waals surface area (Å²) in [6.45, 7) is 9.89. The summed E-state index contributed by atoms with van der Waals surface area (Å²) in [7, 11) is 0. The number of nitrogens with one attached hydrogen (secondary N) is 2. The van der Waals surface area contributed by atoms with Crippen LogP contribution in [0.25, 0.3) is 0 Å². The SMILES string of the molecule is CCOC(C)CNC(C)c1cn[nH]c1C. The van der Waals surface area contributed by atoms with Crippen molar-refractivity contribution in [1.82, 2.24) is 15.5 Å². The van der Waals surface area contributed by atoms with Gasteiger partial charge in [0.15, 0.2) is 0 Å². The van der Waals surface area contributed by atoms with Crippen molar-refractivity contribution in [3.05, 3.63) is 17.5 Å². The summed E-state index contributed by atoms with van der Waals surface area (Å²) in [5.74, 6) is 0. The number of hydrogen-bond acceptors (Lipinski definition) is 3. The molecule has 0 fully saturated rings. The Morgan fingerprint density at radius 1 is 1.53 bits per heavy atom. The lowest BCUT2D eigenvalue weighted by Crippen LogP contribution is -2.29. The molecule has 2 unspecified atom stereocenters. The van der Waals surface area contributed by atoms with Gasteiger partial charge in [0.25, 0.3) is 0 Å². The minimum Gasteiger partial charge on any atom is -0.377 e. The van der Waals surface area contributed by atoms with Gasteiger partial charge in [-0.25, -0.2) is 0 Å². The molecule has 1 rings (SSSR count). The summed E-state index contributed by atoms with van der Waals surface area (Å²) in [6.07, 6.45) is 2.13. The summed E-state index contributed by atoms with van der Waals surface area (Å²) >= 11 is 0. The van der Waals surface area contributed by atoms with Gasteiger partial charge in [-0.05, 0) is 27.7 Å². The number of rotatable bonds is 6. The highest BCUT2D eigenvalue weighted by Crippen LogP contribution is 2.13. The highest BCUT2D eigenvalue weighted by molar-refractivity contribution is 5.18. The quantitative estimate of drug-likeness (QED) is 0.754. The third-order valence-electron chi connectivity index (χ3n) is 2.50. The number of aryl methyl sites for hydroxylation is 1. The van der Waals surface area contributed by atoms with Gasteiger partial charge in [0.1, 0.15) is 0 Å². The normalized spacial score (nSPS) is 15.2. The highest BCUT2D eigenvalue weighted by Gasteiger charge is 2.10. The molecule has 0 saturated carbocycles. The maximum absolute atomic E-state index is 5.45. The Balaban J connectivity index is 2.36. The van der Waals surface area contributed by atoms with E-state index in [1.807, 2.05) is 20.0 Å². The first-order chi connectivity index (χ1) is 7.15. The van der Waals surface area contributed by atoms with Crippen LogP contribution in [0.3, 0.4) is 0 Å². The molecule has 0 saturated heterocycles. The lowest BCUT2D eigenvalue weighted by atomic mass is 10.1. The Labute approximate surface area is 91.4 Å². The fraction of sp³-hybridized carbons (Fsp3) is 0.727. The van der Waals surface area contributed by atoms with E-state index in [4.69, 9.17) is 4.74 Å². The van der Waals surface area contributed by atoms with Crippen molar-refractivity contribution in [2.75, 3.05) is 13.2 Å². The largest absolute Gasteiger partial charge is 0.377 e. The minimum absolute atomic E-state index is 0.254. The molecule has 15 heavy (non-hydrogen) atoms. The third-order valence-corrected chi connectivity index (χ3v) is 2.50. The summed E-state index contributed by atoms with van der Waals surface area (Å²) in [4.78, 5) is 0. The molecule has 2 atom stereocenters. The average molecular weight is 211 g/mol. The van der Waals surface area contributed by atoms with Crippen LogP contribution in [0.15, 0.2) is 6.20 Å². The van der Waals surface area contributed by atoms with Crippen LogP contribution in [0.5, 0.6) is 0 Å². The molecule has 4 nitrogen and oxygen atoms in total. The Hall–Kier alpha value is -0.870. The van der Waals surface area contributed by atoms with Crippen LogP contribution in [-0.4, -0.2) is 29.5 Å². The molecule has 86 valence electrons. The zero-order chi connectivity index (χ0) is 11.3. The molecule has 0 amide bonds. The predicted octanol–water partition coefficient (Wildman–Crippen LogP) is 1.79. The molecule has 0 aliphatic rings. The van der Waals surface area contributed by atoms with Gasteiger partial charge >= 0.3 is 0 Å². The first kappa shape index (κ1) is 12.2. The first-order valence-electron chi connectivity index (χ1n) is 5.50. The third kappa shape index (κ3) is 3.64. The zero-order valence-electron chi connectivity index (χ0n) is 10.0. The molecular weight excluding hydrogens is 190 g/mol. The van der Waals surface area contributed by atoms with Gasteiger partial charge in [0, 0.05) is 30.5 Å². The smallest absolute Gasteiger partial charge is 0.0671 e. The molecule has 2 N–H and O–H groups in total. The number of aromatic amines is 1. The van der Waals surface area contributed by atoms with Crippen LogP contribution in [0, 0.1) is 6.92 Å². The van der Waals surface area contributed by atoms with E-state index in [1.165, 1.54) is 5.56 Å². The second-order valence-corrected chi connectivity index (χ2v) is 3.85. The predicted molar refractivity (Wildman–Crippen MR) is 60.8 cm³/mol. The molecular formula is C11H21N3O. The van der Waals surface area contributed by atoms with E-state index >= 15 is 0 Å². The fourth-order valence-corrected chi connectivity index (χ4v) is 1.59. The van der Waals surface area contributed by atoms with Gasteiger partial charge < -0.3 is 10.1 Å². The van der Waals surface area contributed by atoms with Gasteiger partial charge in [-0.1, -0.05) is 0 Å². The van der Waals surface area contributed by atoms with Crippen molar-refractivity contribution in [3.63, 3.8) is 0 Å². The van der Waals surface area contributed by atoms with Gasteiger partial charge in [-0.15, -0.1) is 0 Å². The summed E-state index contributed by atoms with van der Waals surface area (Å²) in [5.41, 5.74) is 2.35. The van der Waals surface area contributed by atoms with Crippen LogP contribution in [0.1, 0.15) is 38.1 Å². The van der Waals surface area contributed by atoms with E-state index in [-0.39, 0.29) is 6.10 Å². The Bertz CT molecular complexity index is 285. The number of aromatic nitrogens is 2. The molecule has 0 aromatic carbocycles. The highest BCUT2D eigenvalue weighted by atomic mass is 16.5. The molecule has 0 aliphatic carbocycles. The number of ether oxygens (including phenoxy) is 1. The van der Waals surface area contributed by atoms with Crippen molar-refractivity contribution in [2.24, 2.45) is 0 Å². The maximum atomic E-state index is 5.45. The minimum atomic E-state index is 0.254. The lowest BCUT2D eigenvalue weighted by Gasteiger charge is -2.17. The molecule has 1 aromatic rings. The number of nitrogens with zero attached hydrogens (tertiary/aromatic N) is 1. The van der Waals surface area contributed by atoms with Crippen molar-refractivity contribution in [3.8, 4) is 0 Å². The van der Waals surface area contributed by atoms with Crippen LogP contribution in [-0.2, 0) is 4.74 Å². The fourth-order valence-electron chi connectivity index (χ4n) is 1.59. The van der Waals surface area contributed by atoms with Crippen molar-refractivity contribution in [1.29, 1.82) is 0 Å². The molecule has 0 radical (unpaired) electrons. The lowest BCUT2D eigenvalue weighted by molar-refractivity contribution is 0.0743.